The van der Waals surface area contributed by atoms with Gasteiger partial charge >= 0.3 is 0 Å². The number of rotatable bonds is 3. The highest BCUT2D eigenvalue weighted by Crippen LogP contribution is 2.45. The zero-order valence-electron chi connectivity index (χ0n) is 16.4. The van der Waals surface area contributed by atoms with Gasteiger partial charge in [-0.3, -0.25) is 14.9 Å². The third kappa shape index (κ3) is 3.03. The van der Waals surface area contributed by atoms with E-state index in [1.54, 1.807) is 0 Å². The molecule has 0 fully saturated rings. The number of carbonyl (C=O) groups excluding carboxylic acids is 1. The van der Waals surface area contributed by atoms with Crippen molar-refractivity contribution in [1.29, 1.82) is 0 Å². The molecule has 0 saturated heterocycles. The lowest BCUT2D eigenvalue weighted by molar-refractivity contribution is -0.384. The van der Waals surface area contributed by atoms with Gasteiger partial charge in [-0.05, 0) is 71.6 Å². The number of hydrogen-bond acceptors (Lipinski definition) is 3. The first-order chi connectivity index (χ1) is 14.5. The summed E-state index contributed by atoms with van der Waals surface area (Å²) < 4.78 is 0. The van der Waals surface area contributed by atoms with Gasteiger partial charge in [0.1, 0.15) is 0 Å². The molecule has 3 aromatic rings. The van der Waals surface area contributed by atoms with Gasteiger partial charge in [0.15, 0.2) is 5.78 Å². The standard InChI is InChI=1S/C25H20ClNO3/c26-23-14-17(27(29)30)10-12-21(23)25(28)22-13-16-6-2-3-7-18(16)20-11-9-15-5-1-4-8-19(15)24(20)22/h2-3,6-7,9-12,14,22H,1,4-5,8,13H2. The van der Waals surface area contributed by atoms with E-state index in [1.807, 2.05) is 12.1 Å². The van der Waals surface area contributed by atoms with Crippen molar-refractivity contribution < 1.29 is 9.72 Å². The quantitative estimate of drug-likeness (QED) is 0.284. The summed E-state index contributed by atoms with van der Waals surface area (Å²) in [5.41, 5.74) is 7.50. The summed E-state index contributed by atoms with van der Waals surface area (Å²) in [6.07, 6.45) is 4.95. The second-order valence-electron chi connectivity index (χ2n) is 8.07. The van der Waals surface area contributed by atoms with E-state index in [0.29, 0.717) is 12.0 Å². The van der Waals surface area contributed by atoms with Crippen molar-refractivity contribution in [3.05, 3.63) is 97.6 Å². The minimum absolute atomic E-state index is 0.0652. The van der Waals surface area contributed by atoms with Crippen LogP contribution in [0.4, 0.5) is 5.69 Å². The van der Waals surface area contributed by atoms with Gasteiger partial charge in [-0.2, -0.15) is 0 Å². The second-order valence-corrected chi connectivity index (χ2v) is 8.48. The van der Waals surface area contributed by atoms with E-state index in [-0.39, 0.29) is 22.4 Å². The molecule has 0 spiro atoms. The summed E-state index contributed by atoms with van der Waals surface area (Å²) >= 11 is 6.33. The second kappa shape index (κ2) is 7.37. The third-order valence-electron chi connectivity index (χ3n) is 6.40. The molecule has 0 radical (unpaired) electrons. The molecule has 2 aliphatic carbocycles. The van der Waals surface area contributed by atoms with Crippen LogP contribution in [0.15, 0.2) is 54.6 Å². The summed E-state index contributed by atoms with van der Waals surface area (Å²) in [7, 11) is 0. The molecule has 150 valence electrons. The molecule has 0 bridgehead atoms. The molecular formula is C25H20ClNO3. The fourth-order valence-corrected chi connectivity index (χ4v) is 5.27. The molecule has 0 heterocycles. The Balaban J connectivity index is 1.67. The molecule has 0 aromatic heterocycles. The molecule has 4 nitrogen and oxygen atoms in total. The lowest BCUT2D eigenvalue weighted by Gasteiger charge is -2.32. The number of nitro benzene ring substituents is 1. The number of aryl methyl sites for hydroxylation is 1. The topological polar surface area (TPSA) is 60.2 Å². The zero-order valence-corrected chi connectivity index (χ0v) is 17.1. The normalized spacial score (nSPS) is 16.9. The van der Waals surface area contributed by atoms with E-state index in [4.69, 9.17) is 11.6 Å². The molecule has 0 aliphatic heterocycles. The molecule has 5 rings (SSSR count). The number of nitro groups is 1. The van der Waals surface area contributed by atoms with Crippen LogP contribution in [0, 0.1) is 10.1 Å². The molecule has 30 heavy (non-hydrogen) atoms. The van der Waals surface area contributed by atoms with E-state index >= 15 is 0 Å². The SMILES string of the molecule is O=C(c1ccc([N+](=O)[O-])cc1Cl)C1Cc2ccccc2-c2ccc3c(c21)CCCC3. The van der Waals surface area contributed by atoms with Crippen molar-refractivity contribution in [3.63, 3.8) is 0 Å². The maximum atomic E-state index is 13.7. The Kier molecular flexibility index (Phi) is 4.67. The van der Waals surface area contributed by atoms with E-state index < -0.39 is 4.92 Å². The Morgan fingerprint density at radius 1 is 0.967 bits per heavy atom. The fraction of sp³-hybridized carbons (Fsp3) is 0.240. The number of benzene rings is 3. The van der Waals surface area contributed by atoms with Crippen molar-refractivity contribution in [1.82, 2.24) is 0 Å². The lowest BCUT2D eigenvalue weighted by atomic mass is 9.71. The van der Waals surface area contributed by atoms with Crippen LogP contribution in [0.1, 0.15) is 51.4 Å². The zero-order chi connectivity index (χ0) is 20.8. The van der Waals surface area contributed by atoms with E-state index in [1.165, 1.54) is 41.3 Å². The molecule has 1 unspecified atom stereocenters. The monoisotopic (exact) mass is 417 g/mol. The number of non-ortho nitro benzene ring substituents is 1. The number of Topliss-reactive ketones (excluding diaryl/α,β-unsaturated/α-hetero) is 1. The first-order valence-corrected chi connectivity index (χ1v) is 10.6. The molecule has 3 aromatic carbocycles. The summed E-state index contributed by atoms with van der Waals surface area (Å²) in [5, 5.41) is 11.2. The van der Waals surface area contributed by atoms with Crippen LogP contribution >= 0.6 is 11.6 Å². The Morgan fingerprint density at radius 2 is 1.77 bits per heavy atom. The summed E-state index contributed by atoms with van der Waals surface area (Å²) in [5.74, 6) is -0.397. The first-order valence-electron chi connectivity index (χ1n) is 10.3. The number of nitrogens with zero attached hydrogens (tertiary/aromatic N) is 1. The highest BCUT2D eigenvalue weighted by atomic mass is 35.5. The average Bonchev–Trinajstić information content (AvgIpc) is 2.77. The molecule has 0 amide bonds. The van der Waals surface area contributed by atoms with Gasteiger partial charge in [-0.15, -0.1) is 0 Å². The minimum Gasteiger partial charge on any atom is -0.293 e. The molecule has 1 atom stereocenters. The van der Waals surface area contributed by atoms with Crippen LogP contribution in [-0.2, 0) is 19.3 Å². The molecule has 5 heteroatoms. The van der Waals surface area contributed by atoms with Crippen LogP contribution in [0.5, 0.6) is 0 Å². The molecule has 2 aliphatic rings. The van der Waals surface area contributed by atoms with Crippen molar-refractivity contribution in [2.45, 2.75) is 38.0 Å². The van der Waals surface area contributed by atoms with Crippen LogP contribution < -0.4 is 0 Å². The van der Waals surface area contributed by atoms with E-state index in [2.05, 4.69) is 24.3 Å². The van der Waals surface area contributed by atoms with Crippen LogP contribution in [0.2, 0.25) is 5.02 Å². The van der Waals surface area contributed by atoms with Crippen LogP contribution in [-0.4, -0.2) is 10.7 Å². The predicted octanol–water partition coefficient (Wildman–Crippen LogP) is 6.32. The number of carbonyl (C=O) groups is 1. The smallest absolute Gasteiger partial charge is 0.270 e. The molecule has 0 N–H and O–H groups in total. The number of hydrogen-bond donors (Lipinski definition) is 0. The van der Waals surface area contributed by atoms with Crippen LogP contribution in [0.3, 0.4) is 0 Å². The average molecular weight is 418 g/mol. The highest BCUT2D eigenvalue weighted by molar-refractivity contribution is 6.34. The maximum Gasteiger partial charge on any atom is 0.270 e. The number of halogens is 1. The van der Waals surface area contributed by atoms with Crippen molar-refractivity contribution in [2.75, 3.05) is 0 Å². The number of ketones is 1. The van der Waals surface area contributed by atoms with Gasteiger partial charge in [0, 0.05) is 17.7 Å². The summed E-state index contributed by atoms with van der Waals surface area (Å²) in [4.78, 5) is 24.3. The van der Waals surface area contributed by atoms with E-state index in [0.717, 1.165) is 36.0 Å². The first kappa shape index (κ1) is 19.0. The molecular weight excluding hydrogens is 398 g/mol. The van der Waals surface area contributed by atoms with Gasteiger partial charge in [0.05, 0.1) is 15.9 Å². The minimum atomic E-state index is -0.497. The van der Waals surface area contributed by atoms with Crippen molar-refractivity contribution >= 4 is 23.1 Å². The van der Waals surface area contributed by atoms with Gasteiger partial charge in [0.2, 0.25) is 0 Å². The summed E-state index contributed by atoms with van der Waals surface area (Å²) in [6, 6.07) is 16.8. The van der Waals surface area contributed by atoms with Crippen molar-refractivity contribution in [2.24, 2.45) is 0 Å². The third-order valence-corrected chi connectivity index (χ3v) is 6.72. The Morgan fingerprint density at radius 3 is 2.57 bits per heavy atom. The largest absolute Gasteiger partial charge is 0.293 e. The Hall–Kier alpha value is -2.98. The van der Waals surface area contributed by atoms with Crippen LogP contribution in [0.25, 0.3) is 11.1 Å². The summed E-state index contributed by atoms with van der Waals surface area (Å²) in [6.45, 7) is 0. The highest BCUT2D eigenvalue weighted by Gasteiger charge is 2.34. The van der Waals surface area contributed by atoms with Crippen molar-refractivity contribution in [3.8, 4) is 11.1 Å². The Labute approximate surface area is 179 Å². The fourth-order valence-electron chi connectivity index (χ4n) is 5.00. The predicted molar refractivity (Wildman–Crippen MR) is 117 cm³/mol. The van der Waals surface area contributed by atoms with E-state index in [9.17, 15) is 14.9 Å². The number of fused-ring (bicyclic) bond motifs is 5. The maximum absolute atomic E-state index is 13.7. The van der Waals surface area contributed by atoms with Gasteiger partial charge in [-0.25, -0.2) is 0 Å². The van der Waals surface area contributed by atoms with Gasteiger partial charge in [-0.1, -0.05) is 48.0 Å². The molecule has 0 saturated carbocycles. The van der Waals surface area contributed by atoms with Gasteiger partial charge in [0.25, 0.3) is 5.69 Å². The lowest BCUT2D eigenvalue weighted by Crippen LogP contribution is -2.23. The van der Waals surface area contributed by atoms with Gasteiger partial charge < -0.3 is 0 Å². The Bertz CT molecular complexity index is 1200.